The summed E-state index contributed by atoms with van der Waals surface area (Å²) in [5, 5.41) is 11.2. The van der Waals surface area contributed by atoms with Gasteiger partial charge in [0.2, 0.25) is 0 Å². The molecular weight excluding hydrogens is 466 g/mol. The summed E-state index contributed by atoms with van der Waals surface area (Å²) in [6.07, 6.45) is 5.04. The lowest BCUT2D eigenvalue weighted by atomic mass is 10.1. The Hall–Kier alpha value is -2.99. The lowest BCUT2D eigenvalue weighted by molar-refractivity contribution is 0.0601. The van der Waals surface area contributed by atoms with Crippen LogP contribution in [0.25, 0.3) is 0 Å². The van der Waals surface area contributed by atoms with E-state index in [4.69, 9.17) is 9.47 Å². The van der Waals surface area contributed by atoms with E-state index in [1.165, 1.54) is 25.0 Å². The molecule has 0 atom stereocenters. The zero-order chi connectivity index (χ0) is 21.1. The highest BCUT2D eigenvalue weighted by Gasteiger charge is 2.27. The van der Waals surface area contributed by atoms with Gasteiger partial charge in [0.25, 0.3) is 5.91 Å². The minimum atomic E-state index is -0.668. The molecule has 10 nitrogen and oxygen atoms in total. The topological polar surface area (TPSA) is 117 Å². The average Bonchev–Trinajstić information content (AvgIpc) is 3.40. The summed E-state index contributed by atoms with van der Waals surface area (Å²) < 4.78 is 13.5. The molecular formula is C17H16BrN5O5S. The molecule has 152 valence electrons. The van der Waals surface area contributed by atoms with E-state index in [-0.39, 0.29) is 21.1 Å². The number of anilines is 1. The lowest BCUT2D eigenvalue weighted by Crippen LogP contribution is -2.16. The van der Waals surface area contributed by atoms with E-state index in [0.29, 0.717) is 12.2 Å². The molecule has 0 spiro atoms. The van der Waals surface area contributed by atoms with E-state index in [0.717, 1.165) is 15.8 Å². The molecule has 0 aliphatic heterocycles. The van der Waals surface area contributed by atoms with Crippen LogP contribution in [0.4, 0.5) is 5.00 Å². The van der Waals surface area contributed by atoms with Gasteiger partial charge in [0, 0.05) is 12.4 Å². The summed E-state index contributed by atoms with van der Waals surface area (Å²) in [7, 11) is 2.46. The molecule has 3 aromatic rings. The van der Waals surface area contributed by atoms with Gasteiger partial charge in [0.15, 0.2) is 5.69 Å². The zero-order valence-electron chi connectivity index (χ0n) is 15.6. The number of nitrogens with one attached hydrogen (secondary N) is 1. The molecule has 29 heavy (non-hydrogen) atoms. The van der Waals surface area contributed by atoms with Gasteiger partial charge in [0.05, 0.1) is 30.5 Å². The fourth-order valence-corrected chi connectivity index (χ4v) is 3.97. The van der Waals surface area contributed by atoms with Crippen molar-refractivity contribution in [3.8, 4) is 0 Å². The third-order valence-corrected chi connectivity index (χ3v) is 5.50. The molecule has 1 N–H and O–H groups in total. The molecule has 0 radical (unpaired) electrons. The van der Waals surface area contributed by atoms with Gasteiger partial charge < -0.3 is 14.8 Å². The summed E-state index contributed by atoms with van der Waals surface area (Å²) in [5.41, 5.74) is 0.614. The number of aromatic nitrogens is 4. The maximum absolute atomic E-state index is 12.6. The van der Waals surface area contributed by atoms with Gasteiger partial charge in [-0.25, -0.2) is 14.3 Å². The normalized spacial score (nSPS) is 10.6. The van der Waals surface area contributed by atoms with E-state index < -0.39 is 17.8 Å². The van der Waals surface area contributed by atoms with E-state index in [2.05, 4.69) is 31.4 Å². The second-order valence-electron chi connectivity index (χ2n) is 5.78. The SMILES string of the molecule is COC(=O)c1sc(NC(=O)c2ccn(Cn3cc(Br)cn3)n2)c(C(=O)OC)c1C. The molecule has 0 saturated carbocycles. The number of rotatable bonds is 6. The minimum Gasteiger partial charge on any atom is -0.465 e. The van der Waals surface area contributed by atoms with Crippen LogP contribution in [0.15, 0.2) is 29.1 Å². The molecule has 0 fully saturated rings. The molecule has 0 saturated heterocycles. The fraction of sp³-hybridized carbons (Fsp3) is 0.235. The predicted molar refractivity (Wildman–Crippen MR) is 107 cm³/mol. The highest BCUT2D eigenvalue weighted by Crippen LogP contribution is 2.34. The third kappa shape index (κ3) is 4.38. The Bertz CT molecular complexity index is 1090. The van der Waals surface area contributed by atoms with Crippen molar-refractivity contribution in [1.29, 1.82) is 0 Å². The molecule has 1 amide bonds. The smallest absolute Gasteiger partial charge is 0.348 e. The molecule has 0 aliphatic rings. The fourth-order valence-electron chi connectivity index (χ4n) is 2.53. The minimum absolute atomic E-state index is 0.104. The van der Waals surface area contributed by atoms with Crippen LogP contribution in [-0.4, -0.2) is 51.6 Å². The van der Waals surface area contributed by atoms with Crippen molar-refractivity contribution in [2.24, 2.45) is 0 Å². The van der Waals surface area contributed by atoms with Gasteiger partial charge in [-0.2, -0.15) is 10.2 Å². The monoisotopic (exact) mass is 481 g/mol. The first-order valence-corrected chi connectivity index (χ1v) is 9.77. The van der Waals surface area contributed by atoms with E-state index in [1.54, 1.807) is 30.2 Å². The van der Waals surface area contributed by atoms with E-state index >= 15 is 0 Å². The number of hydrogen-bond acceptors (Lipinski definition) is 8. The molecule has 0 aliphatic carbocycles. The first-order valence-electron chi connectivity index (χ1n) is 8.16. The van der Waals surface area contributed by atoms with Crippen molar-refractivity contribution in [2.75, 3.05) is 19.5 Å². The van der Waals surface area contributed by atoms with Gasteiger partial charge in [-0.05, 0) is 34.5 Å². The Balaban J connectivity index is 1.83. The van der Waals surface area contributed by atoms with Gasteiger partial charge in [-0.1, -0.05) is 0 Å². The number of carbonyl (C=O) groups excluding carboxylic acids is 3. The number of ether oxygens (including phenoxy) is 2. The maximum atomic E-state index is 12.6. The second kappa shape index (κ2) is 8.57. The number of amides is 1. The third-order valence-electron chi connectivity index (χ3n) is 3.90. The summed E-state index contributed by atoms with van der Waals surface area (Å²) in [6, 6.07) is 1.54. The number of thiophene rings is 1. The first kappa shape index (κ1) is 20.7. The van der Waals surface area contributed by atoms with Gasteiger partial charge in [-0.3, -0.25) is 9.48 Å². The molecule has 0 unspecified atom stereocenters. The summed E-state index contributed by atoms with van der Waals surface area (Å²) in [5.74, 6) is -1.81. The van der Waals surface area contributed by atoms with Crippen LogP contribution in [-0.2, 0) is 16.1 Å². The van der Waals surface area contributed by atoms with Crippen molar-refractivity contribution in [3.63, 3.8) is 0 Å². The number of esters is 2. The number of halogens is 1. The number of hydrogen-bond donors (Lipinski definition) is 1. The summed E-state index contributed by atoms with van der Waals surface area (Å²) in [6.45, 7) is 1.90. The number of nitrogens with zero attached hydrogens (tertiary/aromatic N) is 4. The molecule has 0 bridgehead atoms. The Morgan fingerprint density at radius 3 is 2.55 bits per heavy atom. The van der Waals surface area contributed by atoms with Crippen LogP contribution in [0.3, 0.4) is 0 Å². The standard InChI is InChI=1S/C17H16BrN5O5S/c1-9-12(16(25)27-2)15(29-13(9)17(26)28-3)20-14(24)11-4-5-22(21-11)8-23-7-10(18)6-19-23/h4-7H,8H2,1-3H3,(H,20,24). The second-order valence-corrected chi connectivity index (χ2v) is 7.71. The van der Waals surface area contributed by atoms with Gasteiger partial charge in [-0.15, -0.1) is 11.3 Å². The Morgan fingerprint density at radius 1 is 1.21 bits per heavy atom. The van der Waals surface area contributed by atoms with Crippen LogP contribution < -0.4 is 5.32 Å². The number of methoxy groups -OCH3 is 2. The highest BCUT2D eigenvalue weighted by atomic mass is 79.9. The van der Waals surface area contributed by atoms with Crippen LogP contribution in [0.5, 0.6) is 0 Å². The Morgan fingerprint density at radius 2 is 1.93 bits per heavy atom. The van der Waals surface area contributed by atoms with Crippen molar-refractivity contribution >= 4 is 50.1 Å². The van der Waals surface area contributed by atoms with Crippen molar-refractivity contribution < 1.29 is 23.9 Å². The largest absolute Gasteiger partial charge is 0.465 e. The van der Waals surface area contributed by atoms with Crippen LogP contribution in [0.1, 0.15) is 36.1 Å². The van der Waals surface area contributed by atoms with Crippen LogP contribution in [0, 0.1) is 6.92 Å². The maximum Gasteiger partial charge on any atom is 0.348 e. The lowest BCUT2D eigenvalue weighted by Gasteiger charge is -2.05. The van der Waals surface area contributed by atoms with E-state index in [9.17, 15) is 14.4 Å². The quantitative estimate of drug-likeness (QED) is 0.537. The Kier molecular flexibility index (Phi) is 6.13. The molecule has 0 aromatic carbocycles. The van der Waals surface area contributed by atoms with E-state index in [1.807, 2.05) is 0 Å². The number of carbonyl (C=O) groups is 3. The summed E-state index contributed by atoms with van der Waals surface area (Å²) in [4.78, 5) is 36.9. The van der Waals surface area contributed by atoms with Crippen molar-refractivity contribution in [3.05, 3.63) is 50.8 Å². The highest BCUT2D eigenvalue weighted by molar-refractivity contribution is 9.10. The molecule has 3 aromatic heterocycles. The van der Waals surface area contributed by atoms with Gasteiger partial charge >= 0.3 is 11.9 Å². The zero-order valence-corrected chi connectivity index (χ0v) is 18.0. The first-order chi connectivity index (χ1) is 13.8. The van der Waals surface area contributed by atoms with Crippen molar-refractivity contribution in [1.82, 2.24) is 19.6 Å². The summed E-state index contributed by atoms with van der Waals surface area (Å²) >= 11 is 4.25. The Labute approximate surface area is 177 Å². The average molecular weight is 482 g/mol. The van der Waals surface area contributed by atoms with Crippen molar-refractivity contribution in [2.45, 2.75) is 13.6 Å². The molecule has 3 heterocycles. The molecule has 12 heteroatoms. The molecule has 3 rings (SSSR count). The van der Waals surface area contributed by atoms with Crippen LogP contribution >= 0.6 is 27.3 Å². The van der Waals surface area contributed by atoms with Gasteiger partial charge in [0.1, 0.15) is 16.5 Å². The van der Waals surface area contributed by atoms with Crippen LogP contribution in [0.2, 0.25) is 0 Å². The predicted octanol–water partition coefficient (Wildman–Crippen LogP) is 2.54.